The molecular formula is C19H11N3O. The van der Waals surface area contributed by atoms with Gasteiger partial charge in [0, 0.05) is 34.7 Å². The maximum atomic E-state index is 5.82. The molecular weight excluding hydrogens is 286 g/mol. The van der Waals surface area contributed by atoms with Crippen LogP contribution in [0.4, 0.5) is 0 Å². The van der Waals surface area contributed by atoms with Gasteiger partial charge in [0.2, 0.25) is 0 Å². The van der Waals surface area contributed by atoms with E-state index < -0.39 is 0 Å². The van der Waals surface area contributed by atoms with Crippen LogP contribution in [0.25, 0.3) is 44.2 Å². The lowest BCUT2D eigenvalue weighted by Crippen LogP contribution is -1.88. The smallest absolute Gasteiger partial charge is 0.153 e. The number of nitrogens with zero attached hydrogens (tertiary/aromatic N) is 3. The highest BCUT2D eigenvalue weighted by molar-refractivity contribution is 6.02. The molecule has 0 aliphatic rings. The first kappa shape index (κ1) is 12.3. The number of hydrogen-bond donors (Lipinski definition) is 0. The van der Waals surface area contributed by atoms with Gasteiger partial charge in [-0.25, -0.2) is 4.98 Å². The summed E-state index contributed by atoms with van der Waals surface area (Å²) in [6.07, 6.45) is 5.46. The summed E-state index contributed by atoms with van der Waals surface area (Å²) >= 11 is 0. The molecule has 0 atom stereocenters. The third-order valence-corrected chi connectivity index (χ3v) is 4.00. The minimum Gasteiger partial charge on any atom is -0.454 e. The molecule has 0 amide bonds. The molecule has 4 aromatic heterocycles. The van der Waals surface area contributed by atoms with Crippen LogP contribution in [0.3, 0.4) is 0 Å². The quantitative estimate of drug-likeness (QED) is 0.454. The van der Waals surface area contributed by atoms with E-state index in [1.807, 2.05) is 60.9 Å². The highest BCUT2D eigenvalue weighted by atomic mass is 16.3. The fourth-order valence-electron chi connectivity index (χ4n) is 2.85. The molecule has 5 aromatic rings. The molecule has 5 rings (SSSR count). The summed E-state index contributed by atoms with van der Waals surface area (Å²) in [6.45, 7) is 0. The first-order chi connectivity index (χ1) is 11.4. The Labute approximate surface area is 131 Å². The van der Waals surface area contributed by atoms with Crippen LogP contribution >= 0.6 is 0 Å². The molecule has 0 radical (unpaired) electrons. The maximum Gasteiger partial charge on any atom is 0.153 e. The topological polar surface area (TPSA) is 51.8 Å². The van der Waals surface area contributed by atoms with Gasteiger partial charge in [0.25, 0.3) is 0 Å². The van der Waals surface area contributed by atoms with E-state index in [0.717, 1.165) is 44.2 Å². The zero-order valence-corrected chi connectivity index (χ0v) is 12.1. The number of aromatic nitrogens is 3. The number of fused-ring (bicyclic) bond motifs is 4. The Morgan fingerprint density at radius 1 is 0.783 bits per heavy atom. The van der Waals surface area contributed by atoms with Gasteiger partial charge in [-0.3, -0.25) is 9.97 Å². The van der Waals surface area contributed by atoms with Crippen molar-refractivity contribution in [3.05, 3.63) is 67.1 Å². The van der Waals surface area contributed by atoms with E-state index in [-0.39, 0.29) is 0 Å². The van der Waals surface area contributed by atoms with E-state index >= 15 is 0 Å². The fourth-order valence-corrected chi connectivity index (χ4v) is 2.85. The molecule has 1 aromatic carbocycles. The minimum absolute atomic E-state index is 0.789. The van der Waals surface area contributed by atoms with E-state index in [1.54, 1.807) is 6.20 Å². The van der Waals surface area contributed by atoms with Gasteiger partial charge in [-0.05, 0) is 36.4 Å². The summed E-state index contributed by atoms with van der Waals surface area (Å²) in [5.41, 5.74) is 4.17. The van der Waals surface area contributed by atoms with Gasteiger partial charge in [-0.1, -0.05) is 12.1 Å². The lowest BCUT2D eigenvalue weighted by molar-refractivity contribution is 0.668. The van der Waals surface area contributed by atoms with Gasteiger partial charge in [-0.2, -0.15) is 0 Å². The number of furan rings is 1. The van der Waals surface area contributed by atoms with Gasteiger partial charge in [0.1, 0.15) is 11.1 Å². The molecule has 0 N–H and O–H groups in total. The van der Waals surface area contributed by atoms with E-state index in [4.69, 9.17) is 9.40 Å². The Bertz CT molecular complexity index is 1180. The molecule has 108 valence electrons. The SMILES string of the molecule is c1ccc2c(c1)oc1ccc(-c3cc4cnccc4cn3)nc12. The van der Waals surface area contributed by atoms with Crippen molar-refractivity contribution in [2.75, 3.05) is 0 Å². The first-order valence-corrected chi connectivity index (χ1v) is 7.37. The normalized spacial score (nSPS) is 11.5. The number of pyridine rings is 3. The Morgan fingerprint density at radius 2 is 1.74 bits per heavy atom. The molecule has 4 heterocycles. The van der Waals surface area contributed by atoms with Crippen molar-refractivity contribution in [3.63, 3.8) is 0 Å². The second-order valence-corrected chi connectivity index (χ2v) is 5.43. The summed E-state index contributed by atoms with van der Waals surface area (Å²) < 4.78 is 5.82. The van der Waals surface area contributed by atoms with Gasteiger partial charge < -0.3 is 4.42 Å². The molecule has 0 unspecified atom stereocenters. The maximum absolute atomic E-state index is 5.82. The minimum atomic E-state index is 0.789. The van der Waals surface area contributed by atoms with Crippen molar-refractivity contribution in [1.82, 2.24) is 15.0 Å². The van der Waals surface area contributed by atoms with Crippen LogP contribution in [0.15, 0.2) is 71.5 Å². The number of rotatable bonds is 1. The van der Waals surface area contributed by atoms with Crippen LogP contribution in [0, 0.1) is 0 Å². The Morgan fingerprint density at radius 3 is 2.74 bits per heavy atom. The molecule has 0 bridgehead atoms. The van der Waals surface area contributed by atoms with Crippen molar-refractivity contribution < 1.29 is 4.42 Å². The molecule has 0 aliphatic heterocycles. The van der Waals surface area contributed by atoms with Gasteiger partial charge in [0.15, 0.2) is 5.58 Å². The van der Waals surface area contributed by atoms with Crippen LogP contribution in [0.2, 0.25) is 0 Å². The molecule has 0 aliphatic carbocycles. The summed E-state index contributed by atoms with van der Waals surface area (Å²) in [5.74, 6) is 0. The van der Waals surface area contributed by atoms with Gasteiger partial charge in [-0.15, -0.1) is 0 Å². The second kappa shape index (κ2) is 4.61. The predicted octanol–water partition coefficient (Wildman–Crippen LogP) is 4.59. The van der Waals surface area contributed by atoms with Crippen molar-refractivity contribution in [2.24, 2.45) is 0 Å². The molecule has 4 heteroatoms. The van der Waals surface area contributed by atoms with E-state index in [2.05, 4.69) is 9.97 Å². The summed E-state index contributed by atoms with van der Waals surface area (Å²) in [7, 11) is 0. The summed E-state index contributed by atoms with van der Waals surface area (Å²) in [4.78, 5) is 13.5. The predicted molar refractivity (Wildman–Crippen MR) is 90.0 cm³/mol. The van der Waals surface area contributed by atoms with Gasteiger partial charge >= 0.3 is 0 Å². The van der Waals surface area contributed by atoms with Crippen molar-refractivity contribution >= 4 is 32.8 Å². The highest BCUT2D eigenvalue weighted by Crippen LogP contribution is 2.29. The number of para-hydroxylation sites is 1. The van der Waals surface area contributed by atoms with Crippen molar-refractivity contribution in [3.8, 4) is 11.4 Å². The van der Waals surface area contributed by atoms with Crippen LogP contribution < -0.4 is 0 Å². The fraction of sp³-hybridized carbons (Fsp3) is 0. The Hall–Kier alpha value is -3.27. The monoisotopic (exact) mass is 297 g/mol. The molecule has 0 spiro atoms. The molecule has 0 saturated heterocycles. The third kappa shape index (κ3) is 1.89. The zero-order chi connectivity index (χ0) is 15.2. The summed E-state index contributed by atoms with van der Waals surface area (Å²) in [5, 5.41) is 3.14. The highest BCUT2D eigenvalue weighted by Gasteiger charge is 2.10. The van der Waals surface area contributed by atoms with Crippen molar-refractivity contribution in [2.45, 2.75) is 0 Å². The number of benzene rings is 1. The third-order valence-electron chi connectivity index (χ3n) is 4.00. The van der Waals surface area contributed by atoms with Crippen LogP contribution in [0.1, 0.15) is 0 Å². The molecule has 4 nitrogen and oxygen atoms in total. The van der Waals surface area contributed by atoms with Crippen molar-refractivity contribution in [1.29, 1.82) is 0 Å². The van der Waals surface area contributed by atoms with E-state index in [1.165, 1.54) is 0 Å². The number of hydrogen-bond acceptors (Lipinski definition) is 4. The lowest BCUT2D eigenvalue weighted by atomic mass is 10.1. The van der Waals surface area contributed by atoms with E-state index in [9.17, 15) is 0 Å². The first-order valence-electron chi connectivity index (χ1n) is 7.37. The average molecular weight is 297 g/mol. The van der Waals surface area contributed by atoms with Crippen LogP contribution in [0.5, 0.6) is 0 Å². The van der Waals surface area contributed by atoms with Crippen LogP contribution in [-0.4, -0.2) is 15.0 Å². The molecule has 23 heavy (non-hydrogen) atoms. The van der Waals surface area contributed by atoms with E-state index in [0.29, 0.717) is 0 Å². The largest absolute Gasteiger partial charge is 0.454 e. The average Bonchev–Trinajstić information content (AvgIpc) is 2.99. The Kier molecular flexibility index (Phi) is 2.46. The second-order valence-electron chi connectivity index (χ2n) is 5.43. The lowest BCUT2D eigenvalue weighted by Gasteiger charge is -2.02. The van der Waals surface area contributed by atoms with Crippen LogP contribution in [-0.2, 0) is 0 Å². The molecule has 0 saturated carbocycles. The van der Waals surface area contributed by atoms with Gasteiger partial charge in [0.05, 0.1) is 11.4 Å². The summed E-state index contributed by atoms with van der Waals surface area (Å²) in [6, 6.07) is 15.8. The molecule has 0 fully saturated rings. The Balaban J connectivity index is 1.76. The zero-order valence-electron chi connectivity index (χ0n) is 12.1. The standard InChI is InChI=1S/C19H11N3O/c1-2-4-17-14(3-1)19-18(23-17)6-5-15(22-19)16-9-13-10-20-8-7-12(13)11-21-16/h1-11H.